The Hall–Kier alpha value is -0.300. The molecule has 0 spiro atoms. The van der Waals surface area contributed by atoms with Crippen LogP contribution in [0.5, 0.6) is 0 Å². The van der Waals surface area contributed by atoms with Crippen molar-refractivity contribution in [2.24, 2.45) is 0 Å². The van der Waals surface area contributed by atoms with Crippen LogP contribution in [-0.4, -0.2) is 11.3 Å². The summed E-state index contributed by atoms with van der Waals surface area (Å²) in [5.41, 5.74) is -0.164. The molecule has 0 aliphatic carbocycles. The van der Waals surface area contributed by atoms with Crippen molar-refractivity contribution in [3.05, 3.63) is 35.9 Å². The van der Waals surface area contributed by atoms with E-state index in [2.05, 4.69) is 0 Å². The van der Waals surface area contributed by atoms with Gasteiger partial charge in [-0.05, 0) is 22.6 Å². The quantitative estimate of drug-likeness (QED) is 0.625. The Morgan fingerprint density at radius 1 is 1.08 bits per heavy atom. The summed E-state index contributed by atoms with van der Waals surface area (Å²) in [6.45, 7) is 0. The van der Waals surface area contributed by atoms with Gasteiger partial charge in [-0.15, -0.1) is 0 Å². The highest BCUT2D eigenvalue weighted by Gasteiger charge is 2.53. The van der Waals surface area contributed by atoms with Crippen LogP contribution in [0.15, 0.2) is 30.3 Å². The van der Waals surface area contributed by atoms with E-state index in [4.69, 9.17) is 0 Å². The van der Waals surface area contributed by atoms with Gasteiger partial charge >= 0.3 is 6.18 Å². The Balaban J connectivity index is 3.08. The Kier molecular flexibility index (Phi) is 2.86. The summed E-state index contributed by atoms with van der Waals surface area (Å²) in [4.78, 5) is 0. The lowest BCUT2D eigenvalue weighted by molar-refractivity contribution is -0.216. The summed E-state index contributed by atoms with van der Waals surface area (Å²) in [5.74, 6) is 0. The molecule has 0 heterocycles. The van der Waals surface area contributed by atoms with Crippen LogP contribution in [-0.2, 0) is 3.61 Å². The summed E-state index contributed by atoms with van der Waals surface area (Å²) < 4.78 is 34.0. The van der Waals surface area contributed by atoms with Crippen LogP contribution in [0.3, 0.4) is 0 Å². The van der Waals surface area contributed by atoms with Gasteiger partial charge in [-0.1, -0.05) is 30.3 Å². The molecule has 1 atom stereocenters. The van der Waals surface area contributed by atoms with Gasteiger partial charge in [-0.3, -0.25) is 0 Å². The summed E-state index contributed by atoms with van der Waals surface area (Å²) in [6.07, 6.45) is -4.66. The third kappa shape index (κ3) is 2.14. The highest BCUT2D eigenvalue weighted by atomic mass is 127. The van der Waals surface area contributed by atoms with E-state index in [9.17, 15) is 18.3 Å². The SMILES string of the molecule is OC(I)(c1ccccc1)C(F)(F)F. The zero-order chi connectivity index (χ0) is 10.1. The van der Waals surface area contributed by atoms with Gasteiger partial charge in [0.2, 0.25) is 3.61 Å². The van der Waals surface area contributed by atoms with Crippen LogP contribution >= 0.6 is 22.6 Å². The van der Waals surface area contributed by atoms with Crippen LogP contribution in [0.2, 0.25) is 0 Å². The van der Waals surface area contributed by atoms with Crippen molar-refractivity contribution in [2.45, 2.75) is 9.78 Å². The molecule has 1 aromatic rings. The first kappa shape index (κ1) is 10.8. The maximum absolute atomic E-state index is 12.3. The van der Waals surface area contributed by atoms with E-state index in [1.165, 1.54) is 24.3 Å². The van der Waals surface area contributed by atoms with Crippen LogP contribution in [0.25, 0.3) is 0 Å². The van der Waals surface area contributed by atoms with E-state index < -0.39 is 9.78 Å². The second-order valence-electron chi connectivity index (χ2n) is 2.49. The molecule has 0 amide bonds. The predicted molar refractivity (Wildman–Crippen MR) is 50.4 cm³/mol. The van der Waals surface area contributed by atoms with Crippen molar-refractivity contribution in [1.82, 2.24) is 0 Å². The predicted octanol–water partition coefficient (Wildman–Crippen LogP) is 2.83. The van der Waals surface area contributed by atoms with Gasteiger partial charge in [-0.25, -0.2) is 0 Å². The number of alkyl halides is 4. The van der Waals surface area contributed by atoms with Gasteiger partial charge < -0.3 is 5.11 Å². The number of hydrogen-bond acceptors (Lipinski definition) is 1. The summed E-state index contributed by atoms with van der Waals surface area (Å²) in [5, 5.41) is 9.18. The molecule has 1 rings (SSSR count). The molecule has 1 nitrogen and oxygen atoms in total. The van der Waals surface area contributed by atoms with E-state index in [1.54, 1.807) is 6.07 Å². The molecule has 13 heavy (non-hydrogen) atoms. The largest absolute Gasteiger partial charge is 0.430 e. The first-order valence-electron chi connectivity index (χ1n) is 3.39. The number of benzene rings is 1. The zero-order valence-corrected chi connectivity index (χ0v) is 8.50. The first-order valence-corrected chi connectivity index (χ1v) is 4.47. The fraction of sp³-hybridized carbons (Fsp3) is 0.250. The third-order valence-corrected chi connectivity index (χ3v) is 2.77. The molecule has 0 aromatic heterocycles. The van der Waals surface area contributed by atoms with Crippen molar-refractivity contribution < 1.29 is 18.3 Å². The Labute approximate surface area is 86.7 Å². The smallest absolute Gasteiger partial charge is 0.368 e. The molecule has 5 heteroatoms. The van der Waals surface area contributed by atoms with Crippen molar-refractivity contribution in [3.8, 4) is 0 Å². The minimum absolute atomic E-state index is 0.164. The second-order valence-corrected chi connectivity index (χ2v) is 4.05. The molecule has 0 fully saturated rings. The molecule has 72 valence electrons. The lowest BCUT2D eigenvalue weighted by Gasteiger charge is -2.24. The molecule has 0 aliphatic rings. The molecule has 0 saturated carbocycles. The van der Waals surface area contributed by atoms with Crippen molar-refractivity contribution in [1.29, 1.82) is 0 Å². The maximum Gasteiger partial charge on any atom is 0.430 e. The molecule has 0 aliphatic heterocycles. The van der Waals surface area contributed by atoms with Crippen LogP contribution < -0.4 is 0 Å². The van der Waals surface area contributed by atoms with Crippen molar-refractivity contribution in [3.63, 3.8) is 0 Å². The summed E-state index contributed by atoms with van der Waals surface area (Å²) in [7, 11) is 0. The fourth-order valence-corrected chi connectivity index (χ4v) is 1.18. The van der Waals surface area contributed by atoms with E-state index in [0.717, 1.165) is 22.6 Å². The highest BCUT2D eigenvalue weighted by molar-refractivity contribution is 14.1. The number of hydrogen-bond donors (Lipinski definition) is 1. The van der Waals surface area contributed by atoms with E-state index in [0.29, 0.717) is 0 Å². The van der Waals surface area contributed by atoms with Crippen molar-refractivity contribution in [2.75, 3.05) is 0 Å². The number of halogens is 4. The van der Waals surface area contributed by atoms with Gasteiger partial charge in [0.05, 0.1) is 0 Å². The topological polar surface area (TPSA) is 20.2 Å². The Morgan fingerprint density at radius 3 is 1.92 bits per heavy atom. The monoisotopic (exact) mass is 302 g/mol. The molecule has 1 aromatic carbocycles. The average Bonchev–Trinajstić information content (AvgIpc) is 2.04. The fourth-order valence-electron chi connectivity index (χ4n) is 0.823. The average molecular weight is 302 g/mol. The first-order chi connectivity index (χ1) is 5.86. The molecule has 0 radical (unpaired) electrons. The minimum atomic E-state index is -4.66. The lowest BCUT2D eigenvalue weighted by atomic mass is 10.1. The minimum Gasteiger partial charge on any atom is -0.368 e. The second kappa shape index (κ2) is 3.45. The number of aliphatic hydroxyl groups is 1. The molecule has 1 N–H and O–H groups in total. The Bertz CT molecular complexity index is 281. The third-order valence-electron chi connectivity index (χ3n) is 1.53. The van der Waals surface area contributed by atoms with E-state index in [-0.39, 0.29) is 5.56 Å². The lowest BCUT2D eigenvalue weighted by Crippen LogP contribution is -2.35. The van der Waals surface area contributed by atoms with E-state index >= 15 is 0 Å². The highest BCUT2D eigenvalue weighted by Crippen LogP contribution is 2.43. The zero-order valence-electron chi connectivity index (χ0n) is 6.35. The maximum atomic E-state index is 12.3. The summed E-state index contributed by atoms with van der Waals surface area (Å²) in [6, 6.07) is 6.96. The van der Waals surface area contributed by atoms with Crippen LogP contribution in [0.4, 0.5) is 13.2 Å². The van der Waals surface area contributed by atoms with Gasteiger partial charge in [0.1, 0.15) is 0 Å². The molecule has 1 unspecified atom stereocenters. The molecular weight excluding hydrogens is 296 g/mol. The summed E-state index contributed by atoms with van der Waals surface area (Å²) >= 11 is 0.979. The van der Waals surface area contributed by atoms with Crippen LogP contribution in [0, 0.1) is 0 Å². The number of rotatable bonds is 1. The Morgan fingerprint density at radius 2 is 1.54 bits per heavy atom. The molecule has 0 saturated heterocycles. The van der Waals surface area contributed by atoms with Crippen molar-refractivity contribution >= 4 is 22.6 Å². The molecule has 0 bridgehead atoms. The normalized spacial score (nSPS) is 16.7. The van der Waals surface area contributed by atoms with Gasteiger partial charge in [0, 0.05) is 5.56 Å². The standard InChI is InChI=1S/C8H6F3IO/c9-8(10,11)7(12,13)6-4-2-1-3-5-6/h1-5,13H. The van der Waals surface area contributed by atoms with Gasteiger partial charge in [0.15, 0.2) is 0 Å². The molecular formula is C8H6F3IO. The van der Waals surface area contributed by atoms with Crippen LogP contribution in [0.1, 0.15) is 5.56 Å². The van der Waals surface area contributed by atoms with E-state index in [1.807, 2.05) is 0 Å². The van der Waals surface area contributed by atoms with Gasteiger partial charge in [0.25, 0.3) is 0 Å². The van der Waals surface area contributed by atoms with Gasteiger partial charge in [-0.2, -0.15) is 13.2 Å².